The Labute approximate surface area is 135 Å². The van der Waals surface area contributed by atoms with E-state index in [0.29, 0.717) is 24.5 Å². The topological polar surface area (TPSA) is 46.6 Å². The zero-order valence-electron chi connectivity index (χ0n) is 12.5. The smallest absolute Gasteiger partial charge is 0.180 e. The molecule has 0 aliphatic carbocycles. The Balaban J connectivity index is 2.39. The predicted molar refractivity (Wildman–Crippen MR) is 89.1 cm³/mol. The van der Waals surface area contributed by atoms with Crippen LogP contribution < -0.4 is 4.90 Å². The summed E-state index contributed by atoms with van der Waals surface area (Å²) in [5.74, 6) is 0.185. The number of sulfone groups is 1. The SMILES string of the molecule is CCCS(=O)(=O)c1ccccc1N1CC(CBr)OCC1C. The van der Waals surface area contributed by atoms with Crippen LogP contribution >= 0.6 is 15.9 Å². The fourth-order valence-electron chi connectivity index (χ4n) is 2.58. The first-order valence-corrected chi connectivity index (χ1v) is 10.0. The van der Waals surface area contributed by atoms with Crippen molar-refractivity contribution in [2.75, 3.05) is 29.1 Å². The van der Waals surface area contributed by atoms with Gasteiger partial charge < -0.3 is 9.64 Å². The van der Waals surface area contributed by atoms with E-state index in [4.69, 9.17) is 4.74 Å². The van der Waals surface area contributed by atoms with Gasteiger partial charge in [0, 0.05) is 17.9 Å². The molecule has 4 nitrogen and oxygen atoms in total. The minimum Gasteiger partial charge on any atom is -0.373 e. The van der Waals surface area contributed by atoms with E-state index >= 15 is 0 Å². The van der Waals surface area contributed by atoms with Crippen LogP contribution in [0.2, 0.25) is 0 Å². The second kappa shape index (κ2) is 7.11. The first kappa shape index (κ1) is 16.8. The molecule has 0 amide bonds. The van der Waals surface area contributed by atoms with Gasteiger partial charge in [0.15, 0.2) is 9.84 Å². The normalized spacial score (nSPS) is 23.3. The summed E-state index contributed by atoms with van der Waals surface area (Å²) in [6.45, 7) is 5.26. The van der Waals surface area contributed by atoms with Gasteiger partial charge in [0.1, 0.15) is 0 Å². The van der Waals surface area contributed by atoms with Crippen molar-refractivity contribution in [2.45, 2.75) is 37.3 Å². The highest BCUT2D eigenvalue weighted by Crippen LogP contribution is 2.30. The van der Waals surface area contributed by atoms with Crippen LogP contribution in [-0.2, 0) is 14.6 Å². The van der Waals surface area contributed by atoms with Crippen molar-refractivity contribution < 1.29 is 13.2 Å². The Morgan fingerprint density at radius 1 is 1.38 bits per heavy atom. The summed E-state index contributed by atoms with van der Waals surface area (Å²) in [7, 11) is -3.23. The van der Waals surface area contributed by atoms with Crippen LogP contribution in [-0.4, -0.2) is 44.8 Å². The summed E-state index contributed by atoms with van der Waals surface area (Å²) >= 11 is 3.44. The number of nitrogens with zero attached hydrogens (tertiary/aromatic N) is 1. The molecule has 1 saturated heterocycles. The molecule has 0 saturated carbocycles. The average Bonchev–Trinajstić information content (AvgIpc) is 2.48. The molecule has 2 unspecified atom stereocenters. The second-order valence-electron chi connectivity index (χ2n) is 5.40. The van der Waals surface area contributed by atoms with Gasteiger partial charge >= 0.3 is 0 Å². The van der Waals surface area contributed by atoms with Gasteiger partial charge in [-0.15, -0.1) is 0 Å². The van der Waals surface area contributed by atoms with Crippen molar-refractivity contribution in [1.29, 1.82) is 0 Å². The molecular weight excluding hydrogens is 354 g/mol. The highest BCUT2D eigenvalue weighted by Gasteiger charge is 2.29. The molecule has 6 heteroatoms. The zero-order valence-corrected chi connectivity index (χ0v) is 14.9. The molecular formula is C15H22BrNO3S. The molecule has 2 rings (SSSR count). The summed E-state index contributed by atoms with van der Waals surface area (Å²) in [5, 5.41) is 0.750. The number of para-hydroxylation sites is 1. The highest BCUT2D eigenvalue weighted by atomic mass is 79.9. The molecule has 118 valence electrons. The molecule has 1 heterocycles. The number of hydrogen-bond acceptors (Lipinski definition) is 4. The van der Waals surface area contributed by atoms with Crippen LogP contribution in [0.1, 0.15) is 20.3 Å². The number of anilines is 1. The summed E-state index contributed by atoms with van der Waals surface area (Å²) in [6, 6.07) is 7.46. The summed E-state index contributed by atoms with van der Waals surface area (Å²) in [4.78, 5) is 2.59. The lowest BCUT2D eigenvalue weighted by atomic mass is 10.1. The third kappa shape index (κ3) is 3.79. The highest BCUT2D eigenvalue weighted by molar-refractivity contribution is 9.09. The zero-order chi connectivity index (χ0) is 15.5. The summed E-state index contributed by atoms with van der Waals surface area (Å²) in [5.41, 5.74) is 0.799. The van der Waals surface area contributed by atoms with Gasteiger partial charge in [-0.1, -0.05) is 35.0 Å². The molecule has 1 fully saturated rings. The van der Waals surface area contributed by atoms with Crippen molar-refractivity contribution in [3.63, 3.8) is 0 Å². The Bertz CT molecular complexity index is 576. The van der Waals surface area contributed by atoms with Gasteiger partial charge in [-0.05, 0) is 25.5 Å². The van der Waals surface area contributed by atoms with E-state index in [0.717, 1.165) is 11.0 Å². The molecule has 21 heavy (non-hydrogen) atoms. The third-order valence-corrected chi connectivity index (χ3v) is 6.34. The van der Waals surface area contributed by atoms with Gasteiger partial charge in [-0.3, -0.25) is 0 Å². The van der Waals surface area contributed by atoms with Crippen molar-refractivity contribution >= 4 is 31.5 Å². The van der Waals surface area contributed by atoms with E-state index < -0.39 is 9.84 Å². The molecule has 1 aliphatic rings. The maximum Gasteiger partial charge on any atom is 0.180 e. The number of rotatable bonds is 5. The van der Waals surface area contributed by atoms with E-state index in [1.807, 2.05) is 19.1 Å². The van der Waals surface area contributed by atoms with Crippen LogP contribution in [0, 0.1) is 0 Å². The first-order valence-electron chi connectivity index (χ1n) is 7.25. The summed E-state index contributed by atoms with van der Waals surface area (Å²) in [6.07, 6.45) is 0.711. The van der Waals surface area contributed by atoms with Crippen LogP contribution in [0.25, 0.3) is 0 Å². The van der Waals surface area contributed by atoms with E-state index in [2.05, 4.69) is 27.8 Å². The maximum absolute atomic E-state index is 12.5. The minimum absolute atomic E-state index is 0.0862. The number of hydrogen-bond donors (Lipinski definition) is 0. The molecule has 1 aromatic carbocycles. The Hall–Kier alpha value is -0.590. The molecule has 1 aliphatic heterocycles. The van der Waals surface area contributed by atoms with E-state index in [9.17, 15) is 8.42 Å². The monoisotopic (exact) mass is 375 g/mol. The first-order chi connectivity index (χ1) is 9.99. The Morgan fingerprint density at radius 3 is 2.76 bits per heavy atom. The van der Waals surface area contributed by atoms with Gasteiger partial charge in [0.2, 0.25) is 0 Å². The van der Waals surface area contributed by atoms with E-state index in [1.54, 1.807) is 12.1 Å². The fourth-order valence-corrected chi connectivity index (χ4v) is 4.52. The lowest BCUT2D eigenvalue weighted by molar-refractivity contribution is 0.0378. The molecule has 2 atom stereocenters. The minimum atomic E-state index is -3.23. The largest absolute Gasteiger partial charge is 0.373 e. The Kier molecular flexibility index (Phi) is 5.68. The fraction of sp³-hybridized carbons (Fsp3) is 0.600. The van der Waals surface area contributed by atoms with Gasteiger partial charge in [-0.2, -0.15) is 0 Å². The van der Waals surface area contributed by atoms with Crippen molar-refractivity contribution in [2.24, 2.45) is 0 Å². The van der Waals surface area contributed by atoms with Crippen LogP contribution in [0.3, 0.4) is 0 Å². The number of benzene rings is 1. The second-order valence-corrected chi connectivity index (χ2v) is 8.12. The van der Waals surface area contributed by atoms with Crippen LogP contribution in [0.5, 0.6) is 0 Å². The maximum atomic E-state index is 12.5. The van der Waals surface area contributed by atoms with E-state index in [1.165, 1.54) is 0 Å². The molecule has 0 radical (unpaired) electrons. The van der Waals surface area contributed by atoms with Gasteiger partial charge in [0.05, 0.1) is 29.0 Å². The molecule has 0 spiro atoms. The molecule has 1 aromatic rings. The van der Waals surface area contributed by atoms with Crippen molar-refractivity contribution in [3.8, 4) is 0 Å². The van der Waals surface area contributed by atoms with Gasteiger partial charge in [0.25, 0.3) is 0 Å². The molecule has 0 aromatic heterocycles. The van der Waals surface area contributed by atoms with Gasteiger partial charge in [-0.25, -0.2) is 8.42 Å². The lowest BCUT2D eigenvalue weighted by Gasteiger charge is -2.40. The number of ether oxygens (including phenoxy) is 1. The van der Waals surface area contributed by atoms with Crippen molar-refractivity contribution in [3.05, 3.63) is 24.3 Å². The standard InChI is InChI=1S/C15H22BrNO3S/c1-3-8-21(18,19)15-7-5-4-6-14(15)17-10-13(9-16)20-11-12(17)2/h4-7,12-13H,3,8-11H2,1-2H3. The number of morpholine rings is 1. The third-order valence-electron chi connectivity index (χ3n) is 3.66. The molecule has 0 bridgehead atoms. The summed E-state index contributed by atoms with van der Waals surface area (Å²) < 4.78 is 30.7. The van der Waals surface area contributed by atoms with Crippen molar-refractivity contribution in [1.82, 2.24) is 0 Å². The Morgan fingerprint density at radius 2 is 2.10 bits per heavy atom. The quantitative estimate of drug-likeness (QED) is 0.742. The van der Waals surface area contributed by atoms with Crippen LogP contribution in [0.4, 0.5) is 5.69 Å². The number of halogens is 1. The predicted octanol–water partition coefficient (Wildman–Crippen LogP) is 2.86. The average molecular weight is 376 g/mol. The molecule has 0 N–H and O–H groups in total. The number of alkyl halides is 1. The van der Waals surface area contributed by atoms with E-state index in [-0.39, 0.29) is 17.9 Å². The van der Waals surface area contributed by atoms with Crippen LogP contribution in [0.15, 0.2) is 29.2 Å². The lowest BCUT2D eigenvalue weighted by Crippen LogP contribution is -2.49.